The maximum atomic E-state index is 9.80. The normalized spacial score (nSPS) is 24.2. The highest BCUT2D eigenvalue weighted by Crippen LogP contribution is 2.41. The summed E-state index contributed by atoms with van der Waals surface area (Å²) in [4.78, 5) is 7.18. The highest BCUT2D eigenvalue weighted by atomic mass is 16.3. The van der Waals surface area contributed by atoms with Gasteiger partial charge in [-0.1, -0.05) is 43.2 Å². The molecule has 4 nitrogen and oxygen atoms in total. The predicted octanol–water partition coefficient (Wildman–Crippen LogP) is 2.53. The second kappa shape index (κ2) is 7.35. The number of nitrogens with zero attached hydrogens (tertiary/aromatic N) is 2. The number of hydrogen-bond acceptors (Lipinski definition) is 2. The third-order valence-electron chi connectivity index (χ3n) is 5.28. The maximum Gasteiger partial charge on any atom is 0.194 e. The fraction of sp³-hybridized carbons (Fsp3) is 0.632. The lowest BCUT2D eigenvalue weighted by atomic mass is 9.79. The van der Waals surface area contributed by atoms with Crippen LogP contribution in [-0.2, 0) is 5.41 Å². The summed E-state index contributed by atoms with van der Waals surface area (Å²) in [5.74, 6) is 0.964. The van der Waals surface area contributed by atoms with Gasteiger partial charge in [0.1, 0.15) is 0 Å². The van der Waals surface area contributed by atoms with Gasteiger partial charge in [-0.2, -0.15) is 0 Å². The highest BCUT2D eigenvalue weighted by Gasteiger charge is 2.35. The second-order valence-corrected chi connectivity index (χ2v) is 6.91. The van der Waals surface area contributed by atoms with E-state index < -0.39 is 0 Å². The molecule has 0 bridgehead atoms. The highest BCUT2D eigenvalue weighted by molar-refractivity contribution is 5.80. The molecule has 1 aliphatic heterocycles. The molecule has 23 heavy (non-hydrogen) atoms. The SMILES string of the molecule is CCNC(=NCC1(c2ccccc2)CCCC1)N1CC[C@@H](O)C1. The number of rotatable bonds is 4. The number of β-amino-alcohol motifs (C(OH)–C–C–N with tert-alkyl or cyclic N) is 1. The van der Waals surface area contributed by atoms with Gasteiger partial charge in [0.25, 0.3) is 0 Å². The van der Waals surface area contributed by atoms with Gasteiger partial charge >= 0.3 is 0 Å². The standard InChI is InChI=1S/C19H29N3O/c1-2-20-18(22-13-10-17(23)14-22)21-15-19(11-6-7-12-19)16-8-4-3-5-9-16/h3-5,8-9,17,23H,2,6-7,10-15H2,1H3,(H,20,21)/t17-/m1/s1. The van der Waals surface area contributed by atoms with Crippen molar-refractivity contribution in [3.05, 3.63) is 35.9 Å². The van der Waals surface area contributed by atoms with Crippen molar-refractivity contribution in [2.24, 2.45) is 4.99 Å². The van der Waals surface area contributed by atoms with Gasteiger partial charge in [-0.15, -0.1) is 0 Å². The maximum absolute atomic E-state index is 9.80. The van der Waals surface area contributed by atoms with Crippen molar-refractivity contribution in [1.29, 1.82) is 0 Å². The summed E-state index contributed by atoms with van der Waals surface area (Å²) in [7, 11) is 0. The van der Waals surface area contributed by atoms with E-state index in [0.29, 0.717) is 6.54 Å². The minimum atomic E-state index is -0.214. The van der Waals surface area contributed by atoms with Gasteiger partial charge in [-0.3, -0.25) is 4.99 Å². The van der Waals surface area contributed by atoms with Gasteiger partial charge in [0.2, 0.25) is 0 Å². The van der Waals surface area contributed by atoms with Gasteiger partial charge in [0.05, 0.1) is 12.6 Å². The molecule has 126 valence electrons. The molecular weight excluding hydrogens is 286 g/mol. The zero-order valence-corrected chi connectivity index (χ0v) is 14.2. The van der Waals surface area contributed by atoms with Gasteiger partial charge in [-0.25, -0.2) is 0 Å². The summed E-state index contributed by atoms with van der Waals surface area (Å²) in [5, 5.41) is 13.2. The molecule has 3 rings (SSSR count). The first-order valence-corrected chi connectivity index (χ1v) is 9.00. The number of aliphatic hydroxyl groups is 1. The lowest BCUT2D eigenvalue weighted by Gasteiger charge is -2.29. The molecule has 0 aromatic heterocycles. The molecule has 1 atom stereocenters. The van der Waals surface area contributed by atoms with Crippen molar-refractivity contribution in [2.75, 3.05) is 26.2 Å². The first-order chi connectivity index (χ1) is 11.2. The van der Waals surface area contributed by atoms with E-state index in [1.165, 1.54) is 31.2 Å². The Morgan fingerprint density at radius 3 is 2.65 bits per heavy atom. The average molecular weight is 315 g/mol. The van der Waals surface area contributed by atoms with Crippen LogP contribution in [-0.4, -0.2) is 48.2 Å². The number of nitrogens with one attached hydrogen (secondary N) is 1. The third kappa shape index (κ3) is 3.69. The van der Waals surface area contributed by atoms with Crippen LogP contribution in [0.15, 0.2) is 35.3 Å². The second-order valence-electron chi connectivity index (χ2n) is 6.91. The molecule has 0 amide bonds. The molecule has 1 heterocycles. The van der Waals surface area contributed by atoms with E-state index in [1.54, 1.807) is 0 Å². The molecule has 1 saturated carbocycles. The number of hydrogen-bond donors (Lipinski definition) is 2. The zero-order valence-electron chi connectivity index (χ0n) is 14.2. The molecule has 2 fully saturated rings. The van der Waals surface area contributed by atoms with Gasteiger partial charge in [0, 0.05) is 25.0 Å². The molecule has 2 N–H and O–H groups in total. The van der Waals surface area contributed by atoms with Gasteiger partial charge in [-0.05, 0) is 31.7 Å². The van der Waals surface area contributed by atoms with Crippen molar-refractivity contribution < 1.29 is 5.11 Å². The summed E-state index contributed by atoms with van der Waals surface area (Å²) in [5.41, 5.74) is 1.62. The smallest absolute Gasteiger partial charge is 0.194 e. The average Bonchev–Trinajstić information content (AvgIpc) is 3.22. The van der Waals surface area contributed by atoms with Crippen LogP contribution in [0.4, 0.5) is 0 Å². The van der Waals surface area contributed by atoms with E-state index in [1.807, 2.05) is 0 Å². The number of likely N-dealkylation sites (tertiary alicyclic amines) is 1. The van der Waals surface area contributed by atoms with Crippen molar-refractivity contribution in [1.82, 2.24) is 10.2 Å². The number of aliphatic imine (C=N–C) groups is 1. The van der Waals surface area contributed by atoms with Crippen molar-refractivity contribution >= 4 is 5.96 Å². The summed E-state index contributed by atoms with van der Waals surface area (Å²) < 4.78 is 0. The summed E-state index contributed by atoms with van der Waals surface area (Å²) >= 11 is 0. The Hall–Kier alpha value is -1.55. The number of benzene rings is 1. The first-order valence-electron chi connectivity index (χ1n) is 9.00. The molecular formula is C19H29N3O. The van der Waals surface area contributed by atoms with E-state index in [9.17, 15) is 5.11 Å². The van der Waals surface area contributed by atoms with E-state index in [4.69, 9.17) is 4.99 Å². The van der Waals surface area contributed by atoms with Crippen LogP contribution < -0.4 is 5.32 Å². The molecule has 0 spiro atoms. The Labute approximate surface area is 139 Å². The Balaban J connectivity index is 1.78. The largest absolute Gasteiger partial charge is 0.391 e. The Bertz CT molecular complexity index is 523. The van der Waals surface area contributed by atoms with Crippen LogP contribution in [0.2, 0.25) is 0 Å². The molecule has 1 aromatic rings. The van der Waals surface area contributed by atoms with E-state index in [0.717, 1.165) is 32.0 Å². The molecule has 1 saturated heterocycles. The Morgan fingerprint density at radius 2 is 2.04 bits per heavy atom. The van der Waals surface area contributed by atoms with Crippen LogP contribution in [0.1, 0.15) is 44.6 Å². The van der Waals surface area contributed by atoms with Crippen LogP contribution in [0.3, 0.4) is 0 Å². The fourth-order valence-corrected chi connectivity index (χ4v) is 3.97. The minimum Gasteiger partial charge on any atom is -0.391 e. The molecule has 0 unspecified atom stereocenters. The van der Waals surface area contributed by atoms with Gasteiger partial charge < -0.3 is 15.3 Å². The molecule has 0 radical (unpaired) electrons. The molecule has 1 aromatic carbocycles. The topological polar surface area (TPSA) is 47.9 Å². The lowest BCUT2D eigenvalue weighted by molar-refractivity contribution is 0.187. The fourth-order valence-electron chi connectivity index (χ4n) is 3.97. The summed E-state index contributed by atoms with van der Waals surface area (Å²) in [6, 6.07) is 10.9. The van der Waals surface area contributed by atoms with Crippen LogP contribution in [0.25, 0.3) is 0 Å². The van der Waals surface area contributed by atoms with E-state index in [-0.39, 0.29) is 11.5 Å². The van der Waals surface area contributed by atoms with Crippen LogP contribution >= 0.6 is 0 Å². The zero-order chi connectivity index (χ0) is 16.1. The Morgan fingerprint density at radius 1 is 1.30 bits per heavy atom. The summed E-state index contributed by atoms with van der Waals surface area (Å²) in [6.45, 7) is 5.40. The monoisotopic (exact) mass is 315 g/mol. The van der Waals surface area contributed by atoms with Crippen molar-refractivity contribution in [3.63, 3.8) is 0 Å². The minimum absolute atomic E-state index is 0.195. The van der Waals surface area contributed by atoms with Crippen molar-refractivity contribution in [2.45, 2.75) is 50.5 Å². The number of aliphatic hydroxyl groups excluding tert-OH is 1. The number of guanidine groups is 1. The Kier molecular flexibility index (Phi) is 5.21. The van der Waals surface area contributed by atoms with Crippen molar-refractivity contribution in [3.8, 4) is 0 Å². The van der Waals surface area contributed by atoms with Crippen LogP contribution in [0.5, 0.6) is 0 Å². The molecule has 1 aliphatic carbocycles. The van der Waals surface area contributed by atoms with Gasteiger partial charge in [0.15, 0.2) is 5.96 Å². The van der Waals surface area contributed by atoms with E-state index >= 15 is 0 Å². The quantitative estimate of drug-likeness (QED) is 0.663. The summed E-state index contributed by atoms with van der Waals surface area (Å²) in [6.07, 6.45) is 5.67. The van der Waals surface area contributed by atoms with Crippen LogP contribution in [0, 0.1) is 0 Å². The van der Waals surface area contributed by atoms with E-state index in [2.05, 4.69) is 47.5 Å². The predicted molar refractivity (Wildman–Crippen MR) is 94.8 cm³/mol. The molecule has 2 aliphatic rings. The molecule has 4 heteroatoms. The third-order valence-corrected chi connectivity index (χ3v) is 5.28. The lowest BCUT2D eigenvalue weighted by Crippen LogP contribution is -2.41. The first kappa shape index (κ1) is 16.3.